The summed E-state index contributed by atoms with van der Waals surface area (Å²) in [5, 5.41) is 2.96. The van der Waals surface area contributed by atoms with Crippen molar-refractivity contribution in [2.24, 2.45) is 0 Å². The number of hydrogen-bond donors (Lipinski definition) is 1. The van der Waals surface area contributed by atoms with Crippen LogP contribution in [-0.4, -0.2) is 51.7 Å². The maximum absolute atomic E-state index is 12.8. The number of carbonyl (C=O) groups excluding carboxylic acids is 1. The van der Waals surface area contributed by atoms with E-state index in [0.717, 1.165) is 30.2 Å². The lowest BCUT2D eigenvalue weighted by Crippen LogP contribution is -2.51. The molecule has 1 N–H and O–H groups in total. The predicted molar refractivity (Wildman–Crippen MR) is 100 cm³/mol. The molecule has 1 aromatic rings. The van der Waals surface area contributed by atoms with E-state index in [1.807, 2.05) is 26.0 Å². The van der Waals surface area contributed by atoms with Gasteiger partial charge in [-0.1, -0.05) is 6.42 Å². The topological polar surface area (TPSA) is 84.9 Å². The lowest BCUT2D eigenvalue weighted by molar-refractivity contribution is -0.126. The highest BCUT2D eigenvalue weighted by Gasteiger charge is 2.35. The largest absolute Gasteiger partial charge is 0.493 e. The van der Waals surface area contributed by atoms with Crippen molar-refractivity contribution >= 4 is 15.9 Å². The Morgan fingerprint density at radius 2 is 1.85 bits per heavy atom. The summed E-state index contributed by atoms with van der Waals surface area (Å²) in [6.07, 6.45) is 3.31. The van der Waals surface area contributed by atoms with E-state index in [1.165, 1.54) is 4.31 Å². The Labute approximate surface area is 155 Å². The van der Waals surface area contributed by atoms with Gasteiger partial charge in [0.15, 0.2) is 11.5 Å². The quantitative estimate of drug-likeness (QED) is 0.811. The van der Waals surface area contributed by atoms with Gasteiger partial charge in [-0.3, -0.25) is 4.79 Å². The van der Waals surface area contributed by atoms with Gasteiger partial charge in [-0.25, -0.2) is 8.42 Å². The fourth-order valence-electron chi connectivity index (χ4n) is 3.41. The van der Waals surface area contributed by atoms with Crippen molar-refractivity contribution in [3.05, 3.63) is 23.3 Å². The van der Waals surface area contributed by atoms with Gasteiger partial charge in [-0.05, 0) is 49.9 Å². The van der Waals surface area contributed by atoms with Crippen LogP contribution in [0.3, 0.4) is 0 Å². The minimum Gasteiger partial charge on any atom is -0.493 e. The van der Waals surface area contributed by atoms with E-state index in [-0.39, 0.29) is 11.9 Å². The fraction of sp³-hybridized carbons (Fsp3) is 0.611. The van der Waals surface area contributed by atoms with E-state index in [1.54, 1.807) is 14.2 Å². The zero-order chi connectivity index (χ0) is 19.5. The third-order valence-corrected chi connectivity index (χ3v) is 6.07. The Morgan fingerprint density at radius 3 is 2.42 bits per heavy atom. The Bertz CT molecular complexity index is 763. The Kier molecular flexibility index (Phi) is 6.52. The summed E-state index contributed by atoms with van der Waals surface area (Å²) in [6, 6.07) is 2.77. The normalized spacial score (nSPS) is 19.7. The van der Waals surface area contributed by atoms with Gasteiger partial charge in [0, 0.05) is 6.54 Å². The Balaban J connectivity index is 2.21. The molecule has 7 nitrogen and oxygen atoms in total. The van der Waals surface area contributed by atoms with E-state index in [4.69, 9.17) is 9.47 Å². The molecular formula is C18H28N2O5S. The van der Waals surface area contributed by atoms with E-state index in [0.29, 0.717) is 24.5 Å². The van der Waals surface area contributed by atoms with Crippen LogP contribution < -0.4 is 14.8 Å². The van der Waals surface area contributed by atoms with E-state index in [2.05, 4.69) is 5.32 Å². The number of aryl methyl sites for hydroxylation is 1. The van der Waals surface area contributed by atoms with Gasteiger partial charge < -0.3 is 14.8 Å². The standard InChI is InChI=1S/C18H28N2O5S/c1-12-10-16(24-3)17(25-4)11-14(12)13(2)19-18(21)15-8-6-7-9-20(15)26(5,22)23/h10-11,13,15H,6-9H2,1-5H3,(H,19,21)/t13-,15+/m0/s1. The second kappa shape index (κ2) is 8.26. The zero-order valence-corrected chi connectivity index (χ0v) is 16.9. The summed E-state index contributed by atoms with van der Waals surface area (Å²) in [7, 11) is -0.276. The van der Waals surface area contributed by atoms with Gasteiger partial charge in [0.1, 0.15) is 6.04 Å². The maximum Gasteiger partial charge on any atom is 0.238 e. The molecule has 1 aromatic carbocycles. The number of piperidine rings is 1. The number of hydrogen-bond acceptors (Lipinski definition) is 5. The van der Waals surface area contributed by atoms with Crippen LogP contribution >= 0.6 is 0 Å². The molecule has 0 saturated carbocycles. The van der Waals surface area contributed by atoms with Crippen molar-refractivity contribution in [2.75, 3.05) is 27.0 Å². The molecule has 1 saturated heterocycles. The summed E-state index contributed by atoms with van der Waals surface area (Å²) >= 11 is 0. The van der Waals surface area contributed by atoms with Gasteiger partial charge in [0.05, 0.1) is 26.5 Å². The summed E-state index contributed by atoms with van der Waals surface area (Å²) in [5.74, 6) is 0.948. The van der Waals surface area contributed by atoms with Crippen molar-refractivity contribution in [3.63, 3.8) is 0 Å². The molecule has 26 heavy (non-hydrogen) atoms. The van der Waals surface area contributed by atoms with Crippen LogP contribution in [0, 0.1) is 6.92 Å². The molecule has 1 heterocycles. The molecule has 1 amide bonds. The number of nitrogens with zero attached hydrogens (tertiary/aromatic N) is 1. The van der Waals surface area contributed by atoms with Crippen LogP contribution in [0.4, 0.5) is 0 Å². The van der Waals surface area contributed by atoms with Gasteiger partial charge in [0.2, 0.25) is 15.9 Å². The zero-order valence-electron chi connectivity index (χ0n) is 16.0. The number of benzene rings is 1. The third-order valence-electron chi connectivity index (χ3n) is 4.78. The first-order chi connectivity index (χ1) is 12.2. The minimum atomic E-state index is -3.41. The minimum absolute atomic E-state index is 0.267. The monoisotopic (exact) mass is 384 g/mol. The molecule has 1 aliphatic rings. The van der Waals surface area contributed by atoms with Gasteiger partial charge >= 0.3 is 0 Å². The van der Waals surface area contributed by atoms with Crippen LogP contribution in [-0.2, 0) is 14.8 Å². The first-order valence-electron chi connectivity index (χ1n) is 8.68. The average molecular weight is 384 g/mol. The first-order valence-corrected chi connectivity index (χ1v) is 10.5. The van der Waals surface area contributed by atoms with Crippen molar-refractivity contribution in [1.82, 2.24) is 9.62 Å². The summed E-state index contributed by atoms with van der Waals surface area (Å²) < 4.78 is 35.9. The number of carbonyl (C=O) groups is 1. The van der Waals surface area contributed by atoms with Crippen LogP contribution in [0.2, 0.25) is 0 Å². The summed E-state index contributed by atoms with van der Waals surface area (Å²) in [4.78, 5) is 12.8. The van der Waals surface area contributed by atoms with Crippen molar-refractivity contribution in [2.45, 2.75) is 45.2 Å². The van der Waals surface area contributed by atoms with Crippen LogP contribution in [0.1, 0.15) is 43.4 Å². The Hall–Kier alpha value is -1.80. The number of rotatable bonds is 6. The summed E-state index contributed by atoms with van der Waals surface area (Å²) in [6.45, 7) is 4.20. The smallest absolute Gasteiger partial charge is 0.238 e. The molecule has 0 radical (unpaired) electrons. The molecule has 0 aromatic heterocycles. The SMILES string of the molecule is COc1cc(C)c([C@H](C)NC(=O)[C@H]2CCCCN2S(C)(=O)=O)cc1OC. The molecule has 146 valence electrons. The van der Waals surface area contributed by atoms with Crippen molar-refractivity contribution in [3.8, 4) is 11.5 Å². The number of nitrogens with one attached hydrogen (secondary N) is 1. The molecule has 8 heteroatoms. The maximum atomic E-state index is 12.8. The molecule has 0 aliphatic carbocycles. The number of ether oxygens (including phenoxy) is 2. The van der Waals surface area contributed by atoms with Crippen LogP contribution in [0.5, 0.6) is 11.5 Å². The Morgan fingerprint density at radius 1 is 1.23 bits per heavy atom. The van der Waals surface area contributed by atoms with E-state index in [9.17, 15) is 13.2 Å². The molecule has 0 spiro atoms. The van der Waals surface area contributed by atoms with Crippen LogP contribution in [0.25, 0.3) is 0 Å². The van der Waals surface area contributed by atoms with Crippen molar-refractivity contribution < 1.29 is 22.7 Å². The molecule has 2 rings (SSSR count). The third kappa shape index (κ3) is 4.48. The van der Waals surface area contributed by atoms with Gasteiger partial charge in [-0.15, -0.1) is 0 Å². The second-order valence-electron chi connectivity index (χ2n) is 6.68. The van der Waals surface area contributed by atoms with Crippen LogP contribution in [0.15, 0.2) is 12.1 Å². The van der Waals surface area contributed by atoms with Gasteiger partial charge in [-0.2, -0.15) is 4.31 Å². The lowest BCUT2D eigenvalue weighted by Gasteiger charge is -2.33. The number of amides is 1. The molecular weight excluding hydrogens is 356 g/mol. The molecule has 0 bridgehead atoms. The fourth-order valence-corrected chi connectivity index (χ4v) is 4.54. The molecule has 2 atom stereocenters. The molecule has 0 unspecified atom stereocenters. The van der Waals surface area contributed by atoms with E-state index < -0.39 is 16.1 Å². The first kappa shape index (κ1) is 20.5. The number of sulfonamides is 1. The van der Waals surface area contributed by atoms with E-state index >= 15 is 0 Å². The summed E-state index contributed by atoms with van der Waals surface area (Å²) in [5.41, 5.74) is 1.86. The highest BCUT2D eigenvalue weighted by atomic mass is 32.2. The lowest BCUT2D eigenvalue weighted by atomic mass is 9.99. The molecule has 1 aliphatic heterocycles. The number of methoxy groups -OCH3 is 2. The highest BCUT2D eigenvalue weighted by molar-refractivity contribution is 7.88. The van der Waals surface area contributed by atoms with Crippen molar-refractivity contribution in [1.29, 1.82) is 0 Å². The second-order valence-corrected chi connectivity index (χ2v) is 8.61. The average Bonchev–Trinajstić information content (AvgIpc) is 2.60. The highest BCUT2D eigenvalue weighted by Crippen LogP contribution is 2.33. The predicted octanol–water partition coefficient (Wildman–Crippen LogP) is 2.00. The van der Waals surface area contributed by atoms with Gasteiger partial charge in [0.25, 0.3) is 0 Å². The molecule has 1 fully saturated rings.